The van der Waals surface area contributed by atoms with E-state index in [1.54, 1.807) is 0 Å². The first-order valence-electron chi connectivity index (χ1n) is 8.23. The average molecular weight is 316 g/mol. The highest BCUT2D eigenvalue weighted by atomic mass is 16.3. The molecule has 0 aliphatic carbocycles. The van der Waals surface area contributed by atoms with Crippen LogP contribution in [0.3, 0.4) is 0 Å². The van der Waals surface area contributed by atoms with Gasteiger partial charge in [-0.05, 0) is 40.5 Å². The predicted molar refractivity (Wildman–Crippen MR) is 89.5 cm³/mol. The summed E-state index contributed by atoms with van der Waals surface area (Å²) < 4.78 is 5.70. The zero-order valence-corrected chi connectivity index (χ0v) is 14.2. The van der Waals surface area contributed by atoms with Gasteiger partial charge in [-0.1, -0.05) is 0 Å². The summed E-state index contributed by atoms with van der Waals surface area (Å²) in [6.07, 6.45) is 3.45. The maximum absolute atomic E-state index is 12.3. The largest absolute Gasteiger partial charge is 0.443 e. The number of amides is 1. The normalized spacial score (nSPS) is 18.7. The Bertz CT molecular complexity index is 723. The molecule has 1 N–H and O–H groups in total. The number of nitrogens with zero attached hydrogens (tertiary/aromatic N) is 3. The van der Waals surface area contributed by atoms with Crippen molar-refractivity contribution in [2.24, 2.45) is 5.92 Å². The molecule has 0 radical (unpaired) electrons. The number of hydrogen-bond donors (Lipinski definition) is 1. The molecule has 2 aromatic rings. The standard InChI is InChI=1S/C17H24N4O2/c1-10(2)20-16(22)13-6-5-7-21(8-13)15-14-11(3)12(4)23-17(14)19-9-18-15/h9-10,13H,5-8H2,1-4H3,(H,20,22). The van der Waals surface area contributed by atoms with E-state index < -0.39 is 0 Å². The topological polar surface area (TPSA) is 71.3 Å². The molecule has 1 saturated heterocycles. The molecule has 124 valence electrons. The van der Waals surface area contributed by atoms with Gasteiger partial charge < -0.3 is 14.6 Å². The monoisotopic (exact) mass is 316 g/mol. The third-order valence-electron chi connectivity index (χ3n) is 4.47. The molecule has 1 unspecified atom stereocenters. The zero-order chi connectivity index (χ0) is 16.6. The smallest absolute Gasteiger partial charge is 0.231 e. The highest BCUT2D eigenvalue weighted by Gasteiger charge is 2.28. The van der Waals surface area contributed by atoms with Crippen molar-refractivity contribution >= 4 is 22.8 Å². The Morgan fingerprint density at radius 1 is 1.39 bits per heavy atom. The van der Waals surface area contributed by atoms with Crippen molar-refractivity contribution in [3.8, 4) is 0 Å². The lowest BCUT2D eigenvalue weighted by molar-refractivity contribution is -0.125. The average Bonchev–Trinajstić information content (AvgIpc) is 2.82. The van der Waals surface area contributed by atoms with Crippen LogP contribution in [0.4, 0.5) is 5.82 Å². The minimum atomic E-state index is 0.00414. The summed E-state index contributed by atoms with van der Waals surface area (Å²) in [4.78, 5) is 23.2. The SMILES string of the molecule is Cc1oc2ncnc(N3CCCC(C(=O)NC(C)C)C3)c2c1C. The van der Waals surface area contributed by atoms with E-state index in [0.29, 0.717) is 12.3 Å². The van der Waals surface area contributed by atoms with E-state index in [9.17, 15) is 4.79 Å². The molecule has 3 heterocycles. The summed E-state index contributed by atoms with van der Waals surface area (Å²) in [7, 11) is 0. The summed E-state index contributed by atoms with van der Waals surface area (Å²) in [6.45, 7) is 9.54. The molecular formula is C17H24N4O2. The number of rotatable bonds is 3. The van der Waals surface area contributed by atoms with E-state index in [1.807, 2.05) is 27.7 Å². The van der Waals surface area contributed by atoms with Crippen molar-refractivity contribution in [2.75, 3.05) is 18.0 Å². The second-order valence-electron chi connectivity index (χ2n) is 6.61. The minimum absolute atomic E-state index is 0.00414. The Labute approximate surface area is 136 Å². The number of aryl methyl sites for hydroxylation is 2. The third-order valence-corrected chi connectivity index (χ3v) is 4.47. The second kappa shape index (κ2) is 6.18. The van der Waals surface area contributed by atoms with Gasteiger partial charge in [-0.25, -0.2) is 9.97 Å². The molecule has 0 saturated carbocycles. The zero-order valence-electron chi connectivity index (χ0n) is 14.2. The molecule has 1 atom stereocenters. The number of fused-ring (bicyclic) bond motifs is 1. The fourth-order valence-electron chi connectivity index (χ4n) is 3.19. The number of carbonyl (C=O) groups excluding carboxylic acids is 1. The van der Waals surface area contributed by atoms with Gasteiger partial charge in [-0.2, -0.15) is 0 Å². The lowest BCUT2D eigenvalue weighted by Gasteiger charge is -2.33. The fraction of sp³-hybridized carbons (Fsp3) is 0.588. The predicted octanol–water partition coefficient (Wildman–Crippen LogP) is 2.58. The number of aromatic nitrogens is 2. The van der Waals surface area contributed by atoms with Crippen molar-refractivity contribution in [3.05, 3.63) is 17.7 Å². The van der Waals surface area contributed by atoms with E-state index >= 15 is 0 Å². The summed E-state index contributed by atoms with van der Waals surface area (Å²) in [5.74, 6) is 1.89. The van der Waals surface area contributed by atoms with Crippen LogP contribution in [0.15, 0.2) is 10.7 Å². The number of anilines is 1. The van der Waals surface area contributed by atoms with Crippen molar-refractivity contribution in [3.63, 3.8) is 0 Å². The number of hydrogen-bond acceptors (Lipinski definition) is 5. The lowest BCUT2D eigenvalue weighted by atomic mass is 9.96. The van der Waals surface area contributed by atoms with Crippen LogP contribution in [0.2, 0.25) is 0 Å². The second-order valence-corrected chi connectivity index (χ2v) is 6.61. The molecule has 6 nitrogen and oxygen atoms in total. The lowest BCUT2D eigenvalue weighted by Crippen LogP contribution is -2.45. The van der Waals surface area contributed by atoms with Crippen molar-refractivity contribution in [1.29, 1.82) is 0 Å². The number of nitrogens with one attached hydrogen (secondary N) is 1. The van der Waals surface area contributed by atoms with Crippen LogP contribution in [0.25, 0.3) is 11.1 Å². The van der Waals surface area contributed by atoms with Gasteiger partial charge >= 0.3 is 0 Å². The van der Waals surface area contributed by atoms with Crippen LogP contribution >= 0.6 is 0 Å². The maximum Gasteiger partial charge on any atom is 0.231 e. The Hall–Kier alpha value is -2.11. The Morgan fingerprint density at radius 2 is 2.17 bits per heavy atom. The van der Waals surface area contributed by atoms with Crippen molar-refractivity contribution in [2.45, 2.75) is 46.6 Å². The maximum atomic E-state index is 12.3. The first kappa shape index (κ1) is 15.8. The third kappa shape index (κ3) is 3.02. The molecule has 1 aliphatic rings. The number of carbonyl (C=O) groups is 1. The van der Waals surface area contributed by atoms with Gasteiger partial charge in [0.05, 0.1) is 11.3 Å². The van der Waals surface area contributed by atoms with Gasteiger partial charge in [0, 0.05) is 24.7 Å². The molecule has 1 aliphatic heterocycles. The summed E-state index contributed by atoms with van der Waals surface area (Å²) in [5, 5.41) is 3.99. The molecule has 1 fully saturated rings. The summed E-state index contributed by atoms with van der Waals surface area (Å²) >= 11 is 0. The summed E-state index contributed by atoms with van der Waals surface area (Å²) in [6, 6.07) is 0.169. The van der Waals surface area contributed by atoms with Crippen LogP contribution in [-0.4, -0.2) is 35.0 Å². The highest BCUT2D eigenvalue weighted by Crippen LogP contribution is 2.32. The van der Waals surface area contributed by atoms with Crippen LogP contribution in [0, 0.1) is 19.8 Å². The van der Waals surface area contributed by atoms with Gasteiger partial charge in [-0.15, -0.1) is 0 Å². The fourth-order valence-corrected chi connectivity index (χ4v) is 3.19. The molecular weight excluding hydrogens is 292 g/mol. The van der Waals surface area contributed by atoms with Gasteiger partial charge in [0.15, 0.2) is 0 Å². The van der Waals surface area contributed by atoms with Gasteiger partial charge in [0.25, 0.3) is 0 Å². The molecule has 1 amide bonds. The van der Waals surface area contributed by atoms with Crippen LogP contribution in [0.1, 0.15) is 38.0 Å². The molecule has 0 aromatic carbocycles. The van der Waals surface area contributed by atoms with Gasteiger partial charge in [0.1, 0.15) is 17.9 Å². The molecule has 3 rings (SSSR count). The molecule has 0 bridgehead atoms. The van der Waals surface area contributed by atoms with Gasteiger partial charge in [0.2, 0.25) is 11.6 Å². The highest BCUT2D eigenvalue weighted by molar-refractivity contribution is 5.90. The van der Waals surface area contributed by atoms with Crippen molar-refractivity contribution in [1.82, 2.24) is 15.3 Å². The van der Waals surface area contributed by atoms with E-state index in [0.717, 1.165) is 41.9 Å². The van der Waals surface area contributed by atoms with E-state index in [-0.39, 0.29) is 17.9 Å². The first-order valence-corrected chi connectivity index (χ1v) is 8.23. The first-order chi connectivity index (χ1) is 11.0. The Morgan fingerprint density at radius 3 is 2.91 bits per heavy atom. The quantitative estimate of drug-likeness (QED) is 0.942. The van der Waals surface area contributed by atoms with Crippen molar-refractivity contribution < 1.29 is 9.21 Å². The molecule has 0 spiro atoms. The minimum Gasteiger partial charge on any atom is -0.443 e. The van der Waals surface area contributed by atoms with E-state index in [2.05, 4.69) is 20.2 Å². The van der Waals surface area contributed by atoms with Crippen LogP contribution < -0.4 is 10.2 Å². The van der Waals surface area contributed by atoms with Crippen LogP contribution in [-0.2, 0) is 4.79 Å². The molecule has 23 heavy (non-hydrogen) atoms. The number of furan rings is 1. The Kier molecular flexibility index (Phi) is 4.24. The number of piperidine rings is 1. The summed E-state index contributed by atoms with van der Waals surface area (Å²) in [5.41, 5.74) is 1.70. The van der Waals surface area contributed by atoms with E-state index in [4.69, 9.17) is 4.42 Å². The van der Waals surface area contributed by atoms with E-state index in [1.165, 1.54) is 6.33 Å². The molecule has 6 heteroatoms. The molecule has 2 aromatic heterocycles. The Balaban J connectivity index is 1.88. The van der Waals surface area contributed by atoms with Gasteiger partial charge in [-0.3, -0.25) is 4.79 Å². The van der Waals surface area contributed by atoms with Crippen LogP contribution in [0.5, 0.6) is 0 Å².